The van der Waals surface area contributed by atoms with E-state index in [9.17, 15) is 4.39 Å². The molecule has 5 nitrogen and oxygen atoms in total. The second kappa shape index (κ2) is 5.46. The highest BCUT2D eigenvalue weighted by molar-refractivity contribution is 5.32. The fraction of sp³-hybridized carbons (Fsp3) is 0.750. The molecule has 0 aromatic carbocycles. The van der Waals surface area contributed by atoms with Crippen LogP contribution in [0.5, 0.6) is 0 Å². The maximum absolute atomic E-state index is 13.8. The minimum Gasteiger partial charge on any atom is -0.368 e. The lowest BCUT2D eigenvalue weighted by Gasteiger charge is -2.18. The average Bonchev–Trinajstić information content (AvgIpc) is 2.13. The fourth-order valence-electron chi connectivity index (χ4n) is 1.71. The van der Waals surface area contributed by atoms with Crippen molar-refractivity contribution in [3.63, 3.8) is 0 Å². The van der Waals surface area contributed by atoms with E-state index in [4.69, 9.17) is 5.73 Å². The van der Waals surface area contributed by atoms with Crippen molar-refractivity contribution in [3.8, 4) is 0 Å². The highest BCUT2D eigenvalue weighted by atomic mass is 19.1. The first kappa shape index (κ1) is 14.6. The van der Waals surface area contributed by atoms with Gasteiger partial charge in [0, 0.05) is 6.04 Å². The van der Waals surface area contributed by atoms with Gasteiger partial charge in [-0.25, -0.2) is 4.39 Å². The number of alkyl halides is 1. The van der Waals surface area contributed by atoms with Crippen molar-refractivity contribution in [1.29, 1.82) is 0 Å². The minimum absolute atomic E-state index is 0.0324. The number of aromatic nitrogens is 3. The Labute approximate surface area is 107 Å². The number of nitrogen functional groups attached to an aromatic ring is 1. The highest BCUT2D eigenvalue weighted by Gasteiger charge is 2.24. The molecule has 102 valence electrons. The van der Waals surface area contributed by atoms with Crippen molar-refractivity contribution >= 4 is 11.9 Å². The van der Waals surface area contributed by atoms with Gasteiger partial charge in [0.2, 0.25) is 11.9 Å². The SMILES string of the molecule is CC(C)CC(C)Nc1nc(N)nc(C(C)(C)F)n1. The number of nitrogens with one attached hydrogen (secondary N) is 1. The molecule has 0 aliphatic heterocycles. The second-order valence-corrected chi connectivity index (χ2v) is 5.49. The van der Waals surface area contributed by atoms with Gasteiger partial charge in [0.1, 0.15) is 0 Å². The Bertz CT molecular complexity index is 400. The number of anilines is 2. The molecule has 0 saturated carbocycles. The molecule has 0 saturated heterocycles. The van der Waals surface area contributed by atoms with Gasteiger partial charge in [0.25, 0.3) is 0 Å². The summed E-state index contributed by atoms with van der Waals surface area (Å²) in [6.07, 6.45) is 0.972. The molecular formula is C12H22FN5. The van der Waals surface area contributed by atoms with E-state index in [2.05, 4.69) is 34.1 Å². The zero-order valence-electron chi connectivity index (χ0n) is 11.7. The molecule has 0 bridgehead atoms. The van der Waals surface area contributed by atoms with Gasteiger partial charge in [0.05, 0.1) is 0 Å². The van der Waals surface area contributed by atoms with Crippen LogP contribution < -0.4 is 11.1 Å². The predicted octanol–water partition coefficient (Wildman–Crippen LogP) is 2.50. The van der Waals surface area contributed by atoms with Crippen LogP contribution in [0.3, 0.4) is 0 Å². The number of hydrogen-bond donors (Lipinski definition) is 2. The quantitative estimate of drug-likeness (QED) is 0.845. The number of hydrogen-bond acceptors (Lipinski definition) is 5. The van der Waals surface area contributed by atoms with E-state index >= 15 is 0 Å². The van der Waals surface area contributed by atoms with E-state index in [0.29, 0.717) is 11.9 Å². The molecule has 1 heterocycles. The monoisotopic (exact) mass is 255 g/mol. The van der Waals surface area contributed by atoms with Crippen LogP contribution in [0.1, 0.15) is 46.9 Å². The maximum Gasteiger partial charge on any atom is 0.228 e. The molecule has 0 aliphatic rings. The molecule has 0 aliphatic carbocycles. The molecule has 6 heteroatoms. The third-order valence-electron chi connectivity index (χ3n) is 2.38. The fourth-order valence-corrected chi connectivity index (χ4v) is 1.71. The summed E-state index contributed by atoms with van der Waals surface area (Å²) in [6.45, 7) is 9.08. The van der Waals surface area contributed by atoms with Crippen LogP contribution in [0, 0.1) is 5.92 Å². The number of nitrogens with two attached hydrogens (primary N) is 1. The lowest BCUT2D eigenvalue weighted by atomic mass is 10.1. The van der Waals surface area contributed by atoms with E-state index < -0.39 is 5.67 Å². The van der Waals surface area contributed by atoms with Crippen molar-refractivity contribution in [3.05, 3.63) is 5.82 Å². The molecule has 1 aromatic rings. The third kappa shape index (κ3) is 4.43. The largest absolute Gasteiger partial charge is 0.368 e. The summed E-state index contributed by atoms with van der Waals surface area (Å²) in [5.74, 6) is 0.972. The molecule has 0 fully saturated rings. The maximum atomic E-state index is 13.8. The zero-order chi connectivity index (χ0) is 13.9. The van der Waals surface area contributed by atoms with Crippen LogP contribution in [0.25, 0.3) is 0 Å². The Hall–Kier alpha value is -1.46. The van der Waals surface area contributed by atoms with E-state index in [0.717, 1.165) is 6.42 Å². The van der Waals surface area contributed by atoms with E-state index in [-0.39, 0.29) is 17.8 Å². The highest BCUT2D eigenvalue weighted by Crippen LogP contribution is 2.22. The lowest BCUT2D eigenvalue weighted by Crippen LogP contribution is -2.23. The molecule has 18 heavy (non-hydrogen) atoms. The van der Waals surface area contributed by atoms with Crippen LogP contribution in [-0.4, -0.2) is 21.0 Å². The van der Waals surface area contributed by atoms with Crippen molar-refractivity contribution in [2.24, 2.45) is 5.92 Å². The van der Waals surface area contributed by atoms with Gasteiger partial charge in [-0.15, -0.1) is 0 Å². The van der Waals surface area contributed by atoms with Gasteiger partial charge in [-0.3, -0.25) is 0 Å². The van der Waals surface area contributed by atoms with Crippen LogP contribution >= 0.6 is 0 Å². The molecule has 0 radical (unpaired) electrons. The number of nitrogens with zero attached hydrogens (tertiary/aromatic N) is 3. The van der Waals surface area contributed by atoms with Gasteiger partial charge in [-0.05, 0) is 33.1 Å². The minimum atomic E-state index is -1.63. The average molecular weight is 255 g/mol. The van der Waals surface area contributed by atoms with Gasteiger partial charge < -0.3 is 11.1 Å². The first-order valence-corrected chi connectivity index (χ1v) is 6.16. The van der Waals surface area contributed by atoms with Crippen molar-refractivity contribution in [1.82, 2.24) is 15.0 Å². The smallest absolute Gasteiger partial charge is 0.228 e. The summed E-state index contributed by atoms with van der Waals surface area (Å²) >= 11 is 0. The normalized spacial score (nSPS) is 13.7. The summed E-state index contributed by atoms with van der Waals surface area (Å²) < 4.78 is 13.8. The third-order valence-corrected chi connectivity index (χ3v) is 2.38. The van der Waals surface area contributed by atoms with Gasteiger partial charge in [-0.2, -0.15) is 15.0 Å². The molecular weight excluding hydrogens is 233 g/mol. The standard InChI is InChI=1S/C12H22FN5/c1-7(2)6-8(3)15-11-17-9(12(4,5)13)16-10(14)18-11/h7-8H,6H2,1-5H3,(H3,14,15,16,17,18). The van der Waals surface area contributed by atoms with Crippen molar-refractivity contribution in [2.75, 3.05) is 11.1 Å². The van der Waals surface area contributed by atoms with E-state index in [1.54, 1.807) is 0 Å². The molecule has 1 unspecified atom stereocenters. The Balaban J connectivity index is 2.87. The molecule has 0 amide bonds. The Morgan fingerprint density at radius 1 is 1.22 bits per heavy atom. The lowest BCUT2D eigenvalue weighted by molar-refractivity contribution is 0.206. The van der Waals surface area contributed by atoms with E-state index in [1.165, 1.54) is 13.8 Å². The van der Waals surface area contributed by atoms with Crippen molar-refractivity contribution < 1.29 is 4.39 Å². The summed E-state index contributed by atoms with van der Waals surface area (Å²) in [5.41, 5.74) is 3.93. The van der Waals surface area contributed by atoms with Crippen LogP contribution in [0.2, 0.25) is 0 Å². The Morgan fingerprint density at radius 2 is 1.83 bits per heavy atom. The Kier molecular flexibility index (Phi) is 4.43. The molecule has 3 N–H and O–H groups in total. The second-order valence-electron chi connectivity index (χ2n) is 5.49. The number of rotatable bonds is 5. The van der Waals surface area contributed by atoms with Crippen LogP contribution in [0.4, 0.5) is 16.3 Å². The Morgan fingerprint density at radius 3 is 2.33 bits per heavy atom. The van der Waals surface area contributed by atoms with Crippen LogP contribution in [0.15, 0.2) is 0 Å². The van der Waals surface area contributed by atoms with E-state index in [1.807, 2.05) is 6.92 Å². The van der Waals surface area contributed by atoms with Crippen LogP contribution in [-0.2, 0) is 5.67 Å². The van der Waals surface area contributed by atoms with Gasteiger partial charge in [-0.1, -0.05) is 13.8 Å². The molecule has 0 spiro atoms. The molecule has 1 atom stereocenters. The van der Waals surface area contributed by atoms with Crippen molar-refractivity contribution in [2.45, 2.75) is 52.8 Å². The summed E-state index contributed by atoms with van der Waals surface area (Å²) in [7, 11) is 0. The predicted molar refractivity (Wildman–Crippen MR) is 70.9 cm³/mol. The van der Waals surface area contributed by atoms with Gasteiger partial charge >= 0.3 is 0 Å². The first-order chi connectivity index (χ1) is 8.18. The number of halogens is 1. The summed E-state index contributed by atoms with van der Waals surface area (Å²) in [6, 6.07) is 0.197. The first-order valence-electron chi connectivity index (χ1n) is 6.16. The summed E-state index contributed by atoms with van der Waals surface area (Å²) in [5, 5.41) is 3.12. The van der Waals surface area contributed by atoms with Gasteiger partial charge in [0.15, 0.2) is 11.5 Å². The molecule has 1 rings (SSSR count). The molecule has 1 aromatic heterocycles. The summed E-state index contributed by atoms with van der Waals surface area (Å²) in [4.78, 5) is 11.9. The topological polar surface area (TPSA) is 76.7 Å². The zero-order valence-corrected chi connectivity index (χ0v) is 11.7.